The van der Waals surface area contributed by atoms with Crippen LogP contribution in [0.3, 0.4) is 0 Å². The summed E-state index contributed by atoms with van der Waals surface area (Å²) in [6.45, 7) is 1.80. The quantitative estimate of drug-likeness (QED) is 0.246. The first-order chi connectivity index (χ1) is 8.36. The number of ether oxygens (including phenoxy) is 1. The Morgan fingerprint density at radius 3 is 3.24 bits per heavy atom. The highest BCUT2D eigenvalue weighted by molar-refractivity contribution is 7.03. The van der Waals surface area contributed by atoms with Gasteiger partial charge in [-0.3, -0.25) is 10.3 Å². The molecule has 92 valence electrons. The van der Waals surface area contributed by atoms with E-state index in [2.05, 4.69) is 25.2 Å². The number of nitriles is 1. The molecular formula is C9H14N6OS. The Morgan fingerprint density at radius 2 is 2.59 bits per heavy atom. The predicted octanol–water partition coefficient (Wildman–Crippen LogP) is 0.0909. The van der Waals surface area contributed by atoms with Crippen LogP contribution in [0.15, 0.2) is 10.4 Å². The second kappa shape index (κ2) is 8.43. The van der Waals surface area contributed by atoms with Crippen molar-refractivity contribution in [2.75, 3.05) is 20.2 Å². The van der Waals surface area contributed by atoms with Crippen molar-refractivity contribution in [1.82, 2.24) is 20.2 Å². The smallest absolute Gasteiger partial charge is 0.204 e. The van der Waals surface area contributed by atoms with Gasteiger partial charge in [-0.2, -0.15) is 5.26 Å². The van der Waals surface area contributed by atoms with Crippen molar-refractivity contribution in [3.8, 4) is 6.19 Å². The first kappa shape index (κ1) is 13.3. The van der Waals surface area contributed by atoms with Gasteiger partial charge in [0.25, 0.3) is 0 Å². The van der Waals surface area contributed by atoms with Crippen molar-refractivity contribution < 1.29 is 4.74 Å². The third-order valence-electron chi connectivity index (χ3n) is 1.81. The second-order valence-electron chi connectivity index (χ2n) is 3.04. The van der Waals surface area contributed by atoms with E-state index in [0.717, 1.165) is 12.1 Å². The highest BCUT2D eigenvalue weighted by Gasteiger charge is 1.97. The highest BCUT2D eigenvalue weighted by atomic mass is 32.1. The summed E-state index contributed by atoms with van der Waals surface area (Å²) >= 11 is 1.31. The summed E-state index contributed by atoms with van der Waals surface area (Å²) in [7, 11) is 1.61. The minimum Gasteiger partial charge on any atom is -0.375 e. The number of guanidine groups is 1. The minimum atomic E-state index is 0.469. The molecule has 1 aromatic heterocycles. The zero-order chi connectivity index (χ0) is 12.3. The van der Waals surface area contributed by atoms with Crippen LogP contribution in [0.1, 0.15) is 12.1 Å². The molecule has 0 radical (unpaired) electrons. The molecule has 1 heterocycles. The summed E-state index contributed by atoms with van der Waals surface area (Å²) in [5.74, 6) is 0.469. The van der Waals surface area contributed by atoms with E-state index in [1.54, 1.807) is 13.2 Å². The fraction of sp³-hybridized carbons (Fsp3) is 0.556. The van der Waals surface area contributed by atoms with Gasteiger partial charge >= 0.3 is 0 Å². The van der Waals surface area contributed by atoms with Crippen LogP contribution < -0.4 is 10.6 Å². The molecule has 0 saturated carbocycles. The fourth-order valence-corrected chi connectivity index (χ4v) is 1.47. The van der Waals surface area contributed by atoms with Crippen molar-refractivity contribution >= 4 is 17.5 Å². The van der Waals surface area contributed by atoms with E-state index in [9.17, 15) is 0 Å². The summed E-state index contributed by atoms with van der Waals surface area (Å²) in [4.78, 5) is 3.85. The third kappa shape index (κ3) is 5.79. The van der Waals surface area contributed by atoms with Gasteiger partial charge in [-0.25, -0.2) is 0 Å². The highest BCUT2D eigenvalue weighted by Crippen LogP contribution is 1.98. The first-order valence-corrected chi connectivity index (χ1v) is 5.90. The molecule has 0 aromatic carbocycles. The maximum atomic E-state index is 8.40. The van der Waals surface area contributed by atoms with Gasteiger partial charge in [0.05, 0.1) is 6.61 Å². The van der Waals surface area contributed by atoms with E-state index in [4.69, 9.17) is 10.00 Å². The van der Waals surface area contributed by atoms with Crippen LogP contribution in [0.4, 0.5) is 0 Å². The standard InChI is InChI=1S/C9H14N6OS/c1-11-9(13-7-10)12-3-2-4-16-5-8-6-17-15-14-8/h6H,2-5H2,1H3,(H2,11,12,13). The molecule has 0 spiro atoms. The summed E-state index contributed by atoms with van der Waals surface area (Å²) in [5, 5.41) is 19.5. The molecule has 0 aliphatic carbocycles. The molecule has 1 rings (SSSR count). The summed E-state index contributed by atoms with van der Waals surface area (Å²) in [5.41, 5.74) is 0.852. The van der Waals surface area contributed by atoms with Crippen LogP contribution >= 0.6 is 11.5 Å². The molecule has 0 saturated heterocycles. The molecule has 0 unspecified atom stereocenters. The maximum absolute atomic E-state index is 8.40. The van der Waals surface area contributed by atoms with Gasteiger partial charge in [-0.15, -0.1) is 5.10 Å². The molecule has 2 N–H and O–H groups in total. The normalized spacial score (nSPS) is 10.9. The van der Waals surface area contributed by atoms with Gasteiger partial charge in [-0.05, 0) is 18.0 Å². The van der Waals surface area contributed by atoms with Crippen LogP contribution in [-0.2, 0) is 11.3 Å². The molecule has 0 bridgehead atoms. The van der Waals surface area contributed by atoms with Gasteiger partial charge < -0.3 is 10.1 Å². The molecule has 0 aliphatic heterocycles. The summed E-state index contributed by atoms with van der Waals surface area (Å²) in [6, 6.07) is 0. The number of nitrogens with one attached hydrogen (secondary N) is 2. The summed E-state index contributed by atoms with van der Waals surface area (Å²) in [6.07, 6.45) is 2.62. The number of hydrogen-bond acceptors (Lipinski definition) is 6. The minimum absolute atomic E-state index is 0.469. The number of nitrogens with zero attached hydrogens (tertiary/aromatic N) is 4. The number of aliphatic imine (C=N–C) groups is 1. The van der Waals surface area contributed by atoms with E-state index >= 15 is 0 Å². The van der Waals surface area contributed by atoms with E-state index in [1.165, 1.54) is 11.5 Å². The van der Waals surface area contributed by atoms with E-state index in [-0.39, 0.29) is 0 Å². The molecule has 0 aliphatic rings. The Morgan fingerprint density at radius 1 is 1.71 bits per heavy atom. The molecule has 17 heavy (non-hydrogen) atoms. The Kier molecular flexibility index (Phi) is 6.62. The average Bonchev–Trinajstić information content (AvgIpc) is 2.85. The lowest BCUT2D eigenvalue weighted by molar-refractivity contribution is 0.116. The molecule has 0 fully saturated rings. The fourth-order valence-electron chi connectivity index (χ4n) is 1.04. The number of rotatable bonds is 6. The van der Waals surface area contributed by atoms with Gasteiger partial charge in [0.1, 0.15) is 5.69 Å². The molecule has 1 aromatic rings. The Labute approximate surface area is 104 Å². The van der Waals surface area contributed by atoms with Gasteiger partial charge in [0.2, 0.25) is 5.96 Å². The van der Waals surface area contributed by atoms with E-state index in [0.29, 0.717) is 25.7 Å². The average molecular weight is 254 g/mol. The zero-order valence-electron chi connectivity index (χ0n) is 9.51. The monoisotopic (exact) mass is 254 g/mol. The van der Waals surface area contributed by atoms with Crippen molar-refractivity contribution in [2.45, 2.75) is 13.0 Å². The Balaban J connectivity index is 1.99. The van der Waals surface area contributed by atoms with Crippen molar-refractivity contribution in [1.29, 1.82) is 5.26 Å². The molecule has 7 nitrogen and oxygen atoms in total. The number of hydrogen-bond donors (Lipinski definition) is 2. The summed E-state index contributed by atoms with van der Waals surface area (Å²) < 4.78 is 9.13. The van der Waals surface area contributed by atoms with Crippen molar-refractivity contribution in [3.63, 3.8) is 0 Å². The van der Waals surface area contributed by atoms with Crippen LogP contribution in [0.5, 0.6) is 0 Å². The Bertz CT molecular complexity index is 371. The van der Waals surface area contributed by atoms with E-state index in [1.807, 2.05) is 5.38 Å². The second-order valence-corrected chi connectivity index (χ2v) is 3.65. The Hall–Kier alpha value is -1.72. The maximum Gasteiger partial charge on any atom is 0.204 e. The largest absolute Gasteiger partial charge is 0.375 e. The van der Waals surface area contributed by atoms with Crippen LogP contribution in [0, 0.1) is 11.5 Å². The zero-order valence-corrected chi connectivity index (χ0v) is 10.3. The van der Waals surface area contributed by atoms with Crippen LogP contribution in [-0.4, -0.2) is 35.7 Å². The number of aromatic nitrogens is 2. The molecular weight excluding hydrogens is 240 g/mol. The van der Waals surface area contributed by atoms with Crippen LogP contribution in [0.25, 0.3) is 0 Å². The SMILES string of the molecule is CN=C(NC#N)NCCCOCc1csnn1. The van der Waals surface area contributed by atoms with Crippen molar-refractivity contribution in [3.05, 3.63) is 11.1 Å². The lowest BCUT2D eigenvalue weighted by Gasteiger charge is -2.06. The third-order valence-corrected chi connectivity index (χ3v) is 2.36. The van der Waals surface area contributed by atoms with Crippen molar-refractivity contribution in [2.24, 2.45) is 4.99 Å². The lowest BCUT2D eigenvalue weighted by Crippen LogP contribution is -2.35. The van der Waals surface area contributed by atoms with E-state index < -0.39 is 0 Å². The first-order valence-electron chi connectivity index (χ1n) is 5.06. The van der Waals surface area contributed by atoms with Gasteiger partial charge in [0, 0.05) is 25.6 Å². The van der Waals surface area contributed by atoms with Gasteiger partial charge in [-0.1, -0.05) is 4.49 Å². The molecule has 0 atom stereocenters. The molecule has 8 heteroatoms. The molecule has 0 amide bonds. The van der Waals surface area contributed by atoms with Crippen LogP contribution in [0.2, 0.25) is 0 Å². The lowest BCUT2D eigenvalue weighted by atomic mass is 10.4. The topological polar surface area (TPSA) is 95.2 Å². The predicted molar refractivity (Wildman–Crippen MR) is 64.3 cm³/mol. The van der Waals surface area contributed by atoms with Gasteiger partial charge in [0.15, 0.2) is 6.19 Å².